The van der Waals surface area contributed by atoms with Gasteiger partial charge in [0, 0.05) is 0 Å². The van der Waals surface area contributed by atoms with Crippen LogP contribution in [0, 0.1) is 17.4 Å². The molecule has 1 aliphatic rings. The molecule has 0 aliphatic heterocycles. The van der Waals surface area contributed by atoms with Crippen molar-refractivity contribution in [1.29, 1.82) is 0 Å². The Bertz CT molecular complexity index is 2440. The van der Waals surface area contributed by atoms with Crippen LogP contribution in [0.1, 0.15) is 92.9 Å². The van der Waals surface area contributed by atoms with Crippen LogP contribution in [-0.4, -0.2) is 3.21 Å². The van der Waals surface area contributed by atoms with E-state index in [-0.39, 0.29) is 35.6 Å². The van der Waals surface area contributed by atoms with Gasteiger partial charge in [-0.25, -0.2) is 6.08 Å². The maximum Gasteiger partial charge on any atom is -1.00 e. The first-order valence-electron chi connectivity index (χ1n) is 20.1. The quantitative estimate of drug-likeness (QED) is 0.155. The van der Waals surface area contributed by atoms with Crippen molar-refractivity contribution in [3.8, 4) is 22.3 Å². The molecule has 7 aromatic rings. The van der Waals surface area contributed by atoms with Gasteiger partial charge in [-0.05, 0) is 44.2 Å². The topological polar surface area (TPSA) is 0 Å². The first-order valence-corrected chi connectivity index (χ1v) is 21.3. The van der Waals surface area contributed by atoms with Crippen LogP contribution in [0.5, 0.6) is 0 Å². The summed E-state index contributed by atoms with van der Waals surface area (Å²) in [6, 6.07) is 48.9. The predicted octanol–water partition coefficient (Wildman–Crippen LogP) is 9.54. The Hall–Kier alpha value is -3.74. The smallest absolute Gasteiger partial charge is 1.00 e. The second kappa shape index (κ2) is 19.1. The Kier molecular flexibility index (Phi) is 15.5. The summed E-state index contributed by atoms with van der Waals surface area (Å²) in [5.74, 6) is 0.522. The SMILES string of the molecule is CC(C)(C)c1cc2c(cc1-c1ccccc1)[cH-]c1cc(-c3ccccc3)c(C(C)(C)C)cc12.CC1[C-]=CC(C(C)(C)C)=C1.C[C](=[Zr+2])c1ccc2ccccc2c1.[Cl-].[Cl-]. The summed E-state index contributed by atoms with van der Waals surface area (Å²) in [6.07, 6.45) is 7.65. The Balaban J connectivity index is 0.000000244. The van der Waals surface area contributed by atoms with Crippen molar-refractivity contribution in [1.82, 2.24) is 0 Å². The molecule has 7 aromatic carbocycles. The number of halogens is 2. The van der Waals surface area contributed by atoms with Crippen molar-refractivity contribution in [2.75, 3.05) is 0 Å². The zero-order valence-corrected chi connectivity index (χ0v) is 40.2. The van der Waals surface area contributed by atoms with Gasteiger partial charge in [0.05, 0.1) is 0 Å². The van der Waals surface area contributed by atoms with E-state index in [1.165, 1.54) is 104 Å². The van der Waals surface area contributed by atoms with Gasteiger partial charge in [-0.3, -0.25) is 6.08 Å². The molecule has 58 heavy (non-hydrogen) atoms. The van der Waals surface area contributed by atoms with Gasteiger partial charge in [0.25, 0.3) is 0 Å². The van der Waals surface area contributed by atoms with Crippen molar-refractivity contribution in [2.45, 2.75) is 87.0 Å². The summed E-state index contributed by atoms with van der Waals surface area (Å²) in [4.78, 5) is 0. The van der Waals surface area contributed by atoms with Crippen molar-refractivity contribution in [3.63, 3.8) is 0 Å². The van der Waals surface area contributed by atoms with Crippen LogP contribution in [-0.2, 0) is 35.1 Å². The van der Waals surface area contributed by atoms with Gasteiger partial charge in [0.2, 0.25) is 0 Å². The molecule has 0 heterocycles. The number of hydrogen-bond donors (Lipinski definition) is 0. The third-order valence-electron chi connectivity index (χ3n) is 10.7. The van der Waals surface area contributed by atoms with E-state index in [4.69, 9.17) is 0 Å². The molecule has 0 saturated heterocycles. The van der Waals surface area contributed by atoms with Crippen molar-refractivity contribution in [2.24, 2.45) is 11.3 Å². The fourth-order valence-electron chi connectivity index (χ4n) is 7.54. The van der Waals surface area contributed by atoms with Gasteiger partial charge >= 0.3 is 93.2 Å². The van der Waals surface area contributed by atoms with Crippen LogP contribution >= 0.6 is 0 Å². The third kappa shape index (κ3) is 11.1. The average molecular weight is 881 g/mol. The number of rotatable bonds is 3. The summed E-state index contributed by atoms with van der Waals surface area (Å²) in [7, 11) is 0. The van der Waals surface area contributed by atoms with Crippen LogP contribution < -0.4 is 24.8 Å². The molecule has 0 nitrogen and oxygen atoms in total. The number of allylic oxidation sites excluding steroid dienone is 4. The summed E-state index contributed by atoms with van der Waals surface area (Å²) in [5.41, 5.74) is 11.3. The van der Waals surface area contributed by atoms with E-state index in [9.17, 15) is 0 Å². The van der Waals surface area contributed by atoms with E-state index < -0.39 is 0 Å². The second-order valence-corrected chi connectivity index (χ2v) is 20.3. The van der Waals surface area contributed by atoms with Crippen LogP contribution in [0.3, 0.4) is 0 Å². The number of fused-ring (bicyclic) bond motifs is 4. The molecule has 1 unspecified atom stereocenters. The van der Waals surface area contributed by atoms with Gasteiger partial charge in [-0.15, -0.1) is 39.7 Å². The predicted molar refractivity (Wildman–Crippen MR) is 244 cm³/mol. The first kappa shape index (κ1) is 46.9. The second-order valence-electron chi connectivity index (χ2n) is 18.5. The Morgan fingerprint density at radius 2 is 1.00 bits per heavy atom. The fraction of sp³-hybridized carbons (Fsp3) is 0.273. The zero-order valence-electron chi connectivity index (χ0n) is 36.2. The molecule has 3 heteroatoms. The zero-order chi connectivity index (χ0) is 40.4. The van der Waals surface area contributed by atoms with Crippen molar-refractivity contribution >= 4 is 35.5 Å². The molecule has 1 aliphatic carbocycles. The Labute approximate surface area is 376 Å². The van der Waals surface area contributed by atoms with E-state index in [0.29, 0.717) is 11.3 Å². The Morgan fingerprint density at radius 1 is 0.552 bits per heavy atom. The normalized spacial score (nSPS) is 13.8. The van der Waals surface area contributed by atoms with Gasteiger partial charge in [0.1, 0.15) is 0 Å². The number of benzene rings is 6. The van der Waals surface area contributed by atoms with E-state index in [1.54, 1.807) is 0 Å². The molecule has 1 atom stereocenters. The van der Waals surface area contributed by atoms with Gasteiger partial charge in [0.15, 0.2) is 0 Å². The minimum atomic E-state index is 0. The van der Waals surface area contributed by atoms with Crippen LogP contribution in [0.2, 0.25) is 0 Å². The van der Waals surface area contributed by atoms with Crippen LogP contribution in [0.4, 0.5) is 0 Å². The van der Waals surface area contributed by atoms with E-state index in [1.807, 2.05) is 0 Å². The maximum atomic E-state index is 3.26. The fourth-order valence-corrected chi connectivity index (χ4v) is 7.92. The summed E-state index contributed by atoms with van der Waals surface area (Å²) >= 11 is 1.50. The van der Waals surface area contributed by atoms with E-state index >= 15 is 0 Å². The molecule has 0 spiro atoms. The van der Waals surface area contributed by atoms with Crippen LogP contribution in [0.25, 0.3) is 54.6 Å². The third-order valence-corrected chi connectivity index (χ3v) is 11.5. The molecule has 0 fully saturated rings. The molecular weight excluding hydrogens is 823 g/mol. The van der Waals surface area contributed by atoms with E-state index in [2.05, 4.69) is 228 Å². The molecule has 0 saturated carbocycles. The molecular formula is C55H58Cl2Zr-2. The van der Waals surface area contributed by atoms with Crippen LogP contribution in [0.15, 0.2) is 151 Å². The van der Waals surface area contributed by atoms with E-state index in [0.717, 1.165) is 0 Å². The molecule has 0 bridgehead atoms. The molecule has 0 aromatic heterocycles. The largest absolute Gasteiger partial charge is 1.00 e. The monoisotopic (exact) mass is 878 g/mol. The summed E-state index contributed by atoms with van der Waals surface area (Å²) in [6.45, 7) is 25.0. The standard InChI is InChI=1S/C33H33.C12H10.C10H15.2ClH.Zr/c1-32(2,3)30-20-26-24(18-28(30)22-13-9-7-10-14-22)17-25-19-29(23-15-11-8-12-16-23)31(21-27(25)26)33(4,5)6;1-2-10-7-8-11-5-3-4-6-12(11)9-10;1-8-5-6-9(7-8)10(2,3)4;;;/h7-21H,1-6H3;3-9H,1H3;6-8H,1-4H3;2*1H;/q-1;;-1;;;+2/p-2. The number of hydrogen-bond acceptors (Lipinski definition) is 0. The first-order chi connectivity index (χ1) is 26.4. The summed E-state index contributed by atoms with van der Waals surface area (Å²) in [5, 5.41) is 8.02. The van der Waals surface area contributed by atoms with Gasteiger partial charge in [-0.2, -0.15) is 11.6 Å². The minimum Gasteiger partial charge on any atom is -1.00 e. The molecule has 298 valence electrons. The molecule has 0 amide bonds. The Morgan fingerprint density at radius 3 is 1.38 bits per heavy atom. The van der Waals surface area contributed by atoms with Crippen molar-refractivity contribution < 1.29 is 49.0 Å². The van der Waals surface area contributed by atoms with Gasteiger partial charge < -0.3 is 24.8 Å². The summed E-state index contributed by atoms with van der Waals surface area (Å²) < 4.78 is 1.46. The van der Waals surface area contributed by atoms with Crippen molar-refractivity contribution in [3.05, 3.63) is 174 Å². The minimum absolute atomic E-state index is 0. The van der Waals surface area contributed by atoms with Gasteiger partial charge in [-0.1, -0.05) is 153 Å². The average Bonchev–Trinajstić information content (AvgIpc) is 3.77. The molecule has 0 N–H and O–H groups in total. The molecule has 0 radical (unpaired) electrons. The molecule has 8 rings (SSSR count). The maximum absolute atomic E-state index is 3.26.